The highest BCUT2D eigenvalue weighted by Gasteiger charge is 2.03. The zero-order chi connectivity index (χ0) is 7.56. The topological polar surface area (TPSA) is 25.8 Å². The van der Waals surface area contributed by atoms with E-state index < -0.39 is 0 Å². The van der Waals surface area contributed by atoms with Crippen molar-refractivity contribution in [3.05, 3.63) is 4.73 Å². The van der Waals surface area contributed by atoms with Gasteiger partial charge in [-0.1, -0.05) is 25.6 Å². The summed E-state index contributed by atoms with van der Waals surface area (Å²) in [5.74, 6) is 0. The van der Waals surface area contributed by atoms with E-state index in [9.17, 15) is 0 Å². The summed E-state index contributed by atoms with van der Waals surface area (Å²) in [4.78, 5) is 4.14. The molecule has 0 aliphatic rings. The molecule has 1 rings (SSSR count). The first-order valence-electron chi connectivity index (χ1n) is 2.84. The number of thioether (sulfide) groups is 1. The first kappa shape index (κ1) is 8.49. The van der Waals surface area contributed by atoms with Gasteiger partial charge in [-0.3, -0.25) is 0 Å². The van der Waals surface area contributed by atoms with Gasteiger partial charge in [0.05, 0.1) is 0 Å². The van der Waals surface area contributed by atoms with E-state index in [1.807, 2.05) is 0 Å². The van der Waals surface area contributed by atoms with Crippen LogP contribution in [0.4, 0.5) is 0 Å². The van der Waals surface area contributed by atoms with E-state index in [0.717, 1.165) is 4.34 Å². The predicted molar refractivity (Wildman–Crippen MR) is 48.6 cm³/mol. The van der Waals surface area contributed by atoms with E-state index in [2.05, 4.69) is 39.1 Å². The predicted octanol–water partition coefficient (Wildman–Crippen LogP) is 2.80. The fraction of sp³-hybridized carbons (Fsp3) is 0.600. The van der Waals surface area contributed by atoms with E-state index in [0.29, 0.717) is 9.98 Å². The standard InChI is InChI=1S/C5H7BrN2S2/c1-3(2)9-5-7-4(6)8-10-5/h3H,1-2H3. The number of hydrogen-bond donors (Lipinski definition) is 0. The number of aromatic nitrogens is 2. The highest BCUT2D eigenvalue weighted by molar-refractivity contribution is 9.10. The van der Waals surface area contributed by atoms with Gasteiger partial charge in [0.1, 0.15) is 0 Å². The third-order valence-corrected chi connectivity index (χ3v) is 3.10. The Labute approximate surface area is 76.7 Å². The average Bonchev–Trinajstić information content (AvgIpc) is 2.13. The fourth-order valence-corrected chi connectivity index (χ4v) is 2.80. The molecular formula is C5H7BrN2S2. The molecule has 2 nitrogen and oxygen atoms in total. The van der Waals surface area contributed by atoms with Crippen LogP contribution in [0.1, 0.15) is 13.8 Å². The minimum atomic E-state index is 0.583. The highest BCUT2D eigenvalue weighted by atomic mass is 79.9. The molecular weight excluding hydrogens is 232 g/mol. The van der Waals surface area contributed by atoms with Crippen molar-refractivity contribution in [2.45, 2.75) is 23.4 Å². The minimum Gasteiger partial charge on any atom is -0.202 e. The Morgan fingerprint density at radius 3 is 2.70 bits per heavy atom. The number of halogens is 1. The van der Waals surface area contributed by atoms with Crippen LogP contribution in [0.5, 0.6) is 0 Å². The Morgan fingerprint density at radius 1 is 1.60 bits per heavy atom. The molecule has 5 heteroatoms. The molecule has 0 unspecified atom stereocenters. The van der Waals surface area contributed by atoms with Crippen LogP contribution in [0.25, 0.3) is 0 Å². The second-order valence-electron chi connectivity index (χ2n) is 2.00. The van der Waals surface area contributed by atoms with Crippen molar-refractivity contribution < 1.29 is 0 Å². The summed E-state index contributed by atoms with van der Waals surface area (Å²) in [6.07, 6.45) is 0. The van der Waals surface area contributed by atoms with E-state index in [-0.39, 0.29) is 0 Å². The van der Waals surface area contributed by atoms with Gasteiger partial charge in [-0.05, 0) is 27.5 Å². The SMILES string of the molecule is CC(C)Sc1nc(Br)ns1. The first-order valence-corrected chi connectivity index (χ1v) is 5.29. The summed E-state index contributed by atoms with van der Waals surface area (Å²) in [7, 11) is 0. The van der Waals surface area contributed by atoms with Crippen molar-refractivity contribution >= 4 is 39.2 Å². The molecule has 0 aromatic carbocycles. The smallest absolute Gasteiger partial charge is 0.202 e. The monoisotopic (exact) mass is 238 g/mol. The lowest BCUT2D eigenvalue weighted by molar-refractivity contribution is 1.09. The summed E-state index contributed by atoms with van der Waals surface area (Å²) in [5.41, 5.74) is 0. The van der Waals surface area contributed by atoms with Crippen LogP contribution in [0, 0.1) is 0 Å². The number of hydrogen-bond acceptors (Lipinski definition) is 4. The van der Waals surface area contributed by atoms with Crippen LogP contribution >= 0.6 is 39.2 Å². The van der Waals surface area contributed by atoms with Crippen molar-refractivity contribution in [2.75, 3.05) is 0 Å². The fourth-order valence-electron chi connectivity index (χ4n) is 0.442. The molecule has 0 amide bonds. The molecule has 0 spiro atoms. The van der Waals surface area contributed by atoms with Gasteiger partial charge in [-0.25, -0.2) is 4.98 Å². The van der Waals surface area contributed by atoms with E-state index in [1.54, 1.807) is 11.8 Å². The maximum Gasteiger partial charge on any atom is 0.210 e. The molecule has 0 saturated carbocycles. The summed E-state index contributed by atoms with van der Waals surface area (Å²) in [6, 6.07) is 0. The Morgan fingerprint density at radius 2 is 2.30 bits per heavy atom. The molecule has 10 heavy (non-hydrogen) atoms. The van der Waals surface area contributed by atoms with Crippen molar-refractivity contribution in [1.82, 2.24) is 9.36 Å². The van der Waals surface area contributed by atoms with Crippen molar-refractivity contribution in [3.63, 3.8) is 0 Å². The van der Waals surface area contributed by atoms with Gasteiger partial charge in [-0.2, -0.15) is 4.37 Å². The van der Waals surface area contributed by atoms with Gasteiger partial charge >= 0.3 is 0 Å². The van der Waals surface area contributed by atoms with Crippen molar-refractivity contribution in [2.24, 2.45) is 0 Å². The molecule has 0 aliphatic carbocycles. The molecule has 0 saturated heterocycles. The third kappa shape index (κ3) is 2.56. The number of rotatable bonds is 2. The molecule has 0 aliphatic heterocycles. The zero-order valence-corrected chi connectivity index (χ0v) is 8.89. The Kier molecular flexibility index (Phi) is 3.13. The van der Waals surface area contributed by atoms with Crippen LogP contribution in [0.15, 0.2) is 9.07 Å². The largest absolute Gasteiger partial charge is 0.210 e. The van der Waals surface area contributed by atoms with Crippen LogP contribution in [-0.4, -0.2) is 14.6 Å². The molecule has 1 heterocycles. The molecule has 0 bridgehead atoms. The van der Waals surface area contributed by atoms with Crippen LogP contribution in [0.3, 0.4) is 0 Å². The Bertz CT molecular complexity index is 211. The second kappa shape index (κ2) is 3.69. The summed E-state index contributed by atoms with van der Waals surface area (Å²) >= 11 is 6.36. The molecule has 56 valence electrons. The molecule has 1 aromatic heterocycles. The van der Waals surface area contributed by atoms with Gasteiger partial charge in [0.2, 0.25) is 4.73 Å². The van der Waals surface area contributed by atoms with Crippen LogP contribution in [-0.2, 0) is 0 Å². The van der Waals surface area contributed by atoms with Gasteiger partial charge in [0.25, 0.3) is 0 Å². The van der Waals surface area contributed by atoms with Gasteiger partial charge in [0.15, 0.2) is 4.34 Å². The minimum absolute atomic E-state index is 0.583. The molecule has 0 N–H and O–H groups in total. The molecule has 1 aromatic rings. The molecule has 0 fully saturated rings. The Hall–Kier alpha value is 0.390. The maximum atomic E-state index is 4.14. The lowest BCUT2D eigenvalue weighted by Gasteiger charge is -1.96. The van der Waals surface area contributed by atoms with Gasteiger partial charge in [0, 0.05) is 5.25 Å². The first-order chi connectivity index (χ1) is 4.68. The zero-order valence-electron chi connectivity index (χ0n) is 5.67. The van der Waals surface area contributed by atoms with E-state index >= 15 is 0 Å². The van der Waals surface area contributed by atoms with E-state index in [1.165, 1.54) is 11.5 Å². The quantitative estimate of drug-likeness (QED) is 0.742. The van der Waals surface area contributed by atoms with Gasteiger partial charge in [-0.15, -0.1) is 0 Å². The normalized spacial score (nSPS) is 10.8. The van der Waals surface area contributed by atoms with Gasteiger partial charge < -0.3 is 0 Å². The highest BCUT2D eigenvalue weighted by Crippen LogP contribution is 2.25. The Balaban J connectivity index is 2.58. The second-order valence-corrected chi connectivity index (χ2v) is 5.28. The number of nitrogens with zero attached hydrogens (tertiary/aromatic N) is 2. The average molecular weight is 239 g/mol. The maximum absolute atomic E-state index is 4.14. The van der Waals surface area contributed by atoms with Crippen molar-refractivity contribution in [3.8, 4) is 0 Å². The van der Waals surface area contributed by atoms with Crippen LogP contribution in [0.2, 0.25) is 0 Å². The van der Waals surface area contributed by atoms with E-state index in [4.69, 9.17) is 0 Å². The third-order valence-electron chi connectivity index (χ3n) is 0.719. The summed E-state index contributed by atoms with van der Waals surface area (Å²) in [5, 5.41) is 0.583. The van der Waals surface area contributed by atoms with Crippen LogP contribution < -0.4 is 0 Å². The lowest BCUT2D eigenvalue weighted by atomic mass is 10.6. The molecule has 0 radical (unpaired) electrons. The summed E-state index contributed by atoms with van der Waals surface area (Å²) < 4.78 is 5.72. The lowest BCUT2D eigenvalue weighted by Crippen LogP contribution is -1.83. The van der Waals surface area contributed by atoms with Crippen molar-refractivity contribution in [1.29, 1.82) is 0 Å². The molecule has 0 atom stereocenters. The summed E-state index contributed by atoms with van der Waals surface area (Å²) in [6.45, 7) is 4.28.